The van der Waals surface area contributed by atoms with Crippen LogP contribution in [0.3, 0.4) is 0 Å². The van der Waals surface area contributed by atoms with Crippen molar-refractivity contribution in [2.24, 2.45) is 0 Å². The van der Waals surface area contributed by atoms with E-state index in [1.165, 1.54) is 43.4 Å². The Kier molecular flexibility index (Phi) is 7.30. The van der Waals surface area contributed by atoms with E-state index in [9.17, 15) is 18.0 Å². The number of anilines is 2. The first kappa shape index (κ1) is 24.9. The quantitative estimate of drug-likeness (QED) is 0.458. The van der Waals surface area contributed by atoms with Crippen LogP contribution in [0.15, 0.2) is 77.7 Å². The molecule has 0 spiro atoms. The summed E-state index contributed by atoms with van der Waals surface area (Å²) in [5, 5.41) is 0. The maximum Gasteiger partial charge on any atom is 0.348 e. The molecule has 36 heavy (non-hydrogen) atoms. The lowest BCUT2D eigenvalue weighted by molar-refractivity contribution is -0.148. The molecule has 10 nitrogen and oxygen atoms in total. The Morgan fingerprint density at radius 1 is 0.972 bits per heavy atom. The van der Waals surface area contributed by atoms with Crippen molar-refractivity contribution in [3.8, 4) is 17.2 Å². The molecule has 11 heteroatoms. The van der Waals surface area contributed by atoms with Crippen LogP contribution in [0.4, 0.5) is 11.4 Å². The number of rotatable bonds is 8. The number of carbonyl (C=O) groups excluding carboxylic acids is 2. The minimum absolute atomic E-state index is 0.0277. The maximum absolute atomic E-state index is 12.9. The molecule has 0 unspecified atom stereocenters. The van der Waals surface area contributed by atoms with E-state index < -0.39 is 28.0 Å². The largest absolute Gasteiger partial charge is 0.497 e. The van der Waals surface area contributed by atoms with Crippen LogP contribution in [0, 0.1) is 0 Å². The van der Waals surface area contributed by atoms with E-state index in [0.717, 1.165) is 0 Å². The Morgan fingerprint density at radius 2 is 1.64 bits per heavy atom. The number of nitrogens with zero attached hydrogens (tertiary/aromatic N) is 1. The number of methoxy groups -OCH3 is 2. The first-order valence-electron chi connectivity index (χ1n) is 10.8. The standard InChI is InChI=1S/C25H24N2O8S/c1-32-18-9-7-17(8-10-18)26-36(30,31)20-13-11-19(12-14-20)34-16-24(28)27-15-23(25(29)33-2)35-22-6-4-3-5-21(22)27/h3-14,23,26H,15-16H2,1-2H3/t23-/m1/s1. The minimum Gasteiger partial charge on any atom is -0.497 e. The lowest BCUT2D eigenvalue weighted by atomic mass is 10.2. The Bertz CT molecular complexity index is 1340. The molecule has 1 aliphatic heterocycles. The SMILES string of the molecule is COC(=O)[C@H]1CN(C(=O)COc2ccc(S(=O)(=O)Nc3ccc(OC)cc3)cc2)c2ccccc2O1. The van der Waals surface area contributed by atoms with Gasteiger partial charge < -0.3 is 23.8 Å². The predicted molar refractivity (Wildman–Crippen MR) is 131 cm³/mol. The predicted octanol–water partition coefficient (Wildman–Crippen LogP) is 2.84. The highest BCUT2D eigenvalue weighted by Gasteiger charge is 2.34. The van der Waals surface area contributed by atoms with Crippen LogP contribution < -0.4 is 23.8 Å². The third-order valence-corrected chi connectivity index (χ3v) is 6.77. The smallest absolute Gasteiger partial charge is 0.348 e. The maximum atomic E-state index is 12.9. The average molecular weight is 513 g/mol. The molecule has 3 aromatic rings. The monoisotopic (exact) mass is 512 g/mol. The van der Waals surface area contributed by atoms with Crippen LogP contribution in [0.1, 0.15) is 0 Å². The number of hydrogen-bond donors (Lipinski definition) is 1. The van der Waals surface area contributed by atoms with Gasteiger partial charge in [0.25, 0.3) is 15.9 Å². The minimum atomic E-state index is -3.83. The molecule has 0 radical (unpaired) electrons. The van der Waals surface area contributed by atoms with Crippen LogP contribution in [0.25, 0.3) is 0 Å². The van der Waals surface area contributed by atoms with E-state index in [0.29, 0.717) is 28.6 Å². The normalized spacial score (nSPS) is 14.7. The molecule has 0 aliphatic carbocycles. The van der Waals surface area contributed by atoms with Crippen LogP contribution in [0.5, 0.6) is 17.2 Å². The lowest BCUT2D eigenvalue weighted by Crippen LogP contribution is -2.48. The number of ether oxygens (including phenoxy) is 4. The van der Waals surface area contributed by atoms with Gasteiger partial charge in [0.15, 0.2) is 6.61 Å². The molecule has 0 saturated carbocycles. The molecule has 4 rings (SSSR count). The molecule has 0 saturated heterocycles. The molecule has 1 amide bonds. The first-order valence-corrected chi connectivity index (χ1v) is 12.3. The Labute approximate surface area is 208 Å². The lowest BCUT2D eigenvalue weighted by Gasteiger charge is -2.33. The molecular weight excluding hydrogens is 488 g/mol. The Morgan fingerprint density at radius 3 is 2.31 bits per heavy atom. The zero-order valence-electron chi connectivity index (χ0n) is 19.5. The second kappa shape index (κ2) is 10.6. The topological polar surface area (TPSA) is 120 Å². The molecule has 188 valence electrons. The summed E-state index contributed by atoms with van der Waals surface area (Å²) in [5.41, 5.74) is 0.898. The summed E-state index contributed by atoms with van der Waals surface area (Å²) in [5.74, 6) is 0.292. The number of fused-ring (bicyclic) bond motifs is 1. The number of para-hydroxylation sites is 2. The summed E-state index contributed by atoms with van der Waals surface area (Å²) >= 11 is 0. The van der Waals surface area contributed by atoms with Crippen molar-refractivity contribution in [2.45, 2.75) is 11.0 Å². The summed E-state index contributed by atoms with van der Waals surface area (Å²) in [6.07, 6.45) is -0.962. The van der Waals surface area contributed by atoms with E-state index in [1.54, 1.807) is 48.5 Å². The van der Waals surface area contributed by atoms with E-state index in [-0.39, 0.29) is 18.0 Å². The summed E-state index contributed by atoms with van der Waals surface area (Å²) in [4.78, 5) is 26.4. The van der Waals surface area contributed by atoms with Crippen molar-refractivity contribution in [1.82, 2.24) is 0 Å². The van der Waals surface area contributed by atoms with E-state index in [1.807, 2.05) is 0 Å². The van der Waals surface area contributed by atoms with Crippen LogP contribution in [-0.4, -0.2) is 53.8 Å². The van der Waals surface area contributed by atoms with Crippen molar-refractivity contribution in [2.75, 3.05) is 37.0 Å². The summed E-state index contributed by atoms with van der Waals surface area (Å²) < 4.78 is 48.9. The zero-order valence-corrected chi connectivity index (χ0v) is 20.4. The van der Waals surface area contributed by atoms with E-state index in [4.69, 9.17) is 18.9 Å². The van der Waals surface area contributed by atoms with Crippen LogP contribution >= 0.6 is 0 Å². The fourth-order valence-corrected chi connectivity index (χ4v) is 4.59. The summed E-state index contributed by atoms with van der Waals surface area (Å²) in [6, 6.07) is 19.0. The number of nitrogens with one attached hydrogen (secondary N) is 1. The van der Waals surface area contributed by atoms with Gasteiger partial charge in [-0.25, -0.2) is 13.2 Å². The highest BCUT2D eigenvalue weighted by Crippen LogP contribution is 2.33. The third-order valence-electron chi connectivity index (χ3n) is 5.38. The van der Waals surface area contributed by atoms with Crippen LogP contribution in [-0.2, 0) is 24.3 Å². The third kappa shape index (κ3) is 5.52. The molecule has 0 bridgehead atoms. The number of carbonyl (C=O) groups is 2. The molecule has 1 N–H and O–H groups in total. The second-order valence-corrected chi connectivity index (χ2v) is 9.38. The van der Waals surface area contributed by atoms with Crippen molar-refractivity contribution in [3.05, 3.63) is 72.8 Å². The van der Waals surface area contributed by atoms with Gasteiger partial charge in [0, 0.05) is 5.69 Å². The average Bonchev–Trinajstić information content (AvgIpc) is 2.91. The van der Waals surface area contributed by atoms with Gasteiger partial charge in [-0.3, -0.25) is 9.52 Å². The highest BCUT2D eigenvalue weighted by molar-refractivity contribution is 7.92. The molecule has 1 atom stereocenters. The molecule has 3 aromatic carbocycles. The van der Waals surface area contributed by atoms with Gasteiger partial charge >= 0.3 is 5.97 Å². The number of esters is 1. The van der Waals surface area contributed by atoms with Gasteiger partial charge in [0.2, 0.25) is 6.10 Å². The van der Waals surface area contributed by atoms with Gasteiger partial charge in [-0.2, -0.15) is 0 Å². The van der Waals surface area contributed by atoms with Gasteiger partial charge in [-0.1, -0.05) is 12.1 Å². The molecule has 1 aliphatic rings. The van der Waals surface area contributed by atoms with Gasteiger partial charge in [-0.15, -0.1) is 0 Å². The van der Waals surface area contributed by atoms with Gasteiger partial charge in [-0.05, 0) is 60.7 Å². The van der Waals surface area contributed by atoms with E-state index >= 15 is 0 Å². The Hall–Kier alpha value is -4.25. The fraction of sp³-hybridized carbons (Fsp3) is 0.200. The molecular formula is C25H24N2O8S. The zero-order chi connectivity index (χ0) is 25.7. The van der Waals surface area contributed by atoms with Gasteiger partial charge in [0.1, 0.15) is 17.2 Å². The fourth-order valence-electron chi connectivity index (χ4n) is 3.54. The highest BCUT2D eigenvalue weighted by atomic mass is 32.2. The summed E-state index contributed by atoms with van der Waals surface area (Å²) in [6.45, 7) is -0.363. The van der Waals surface area contributed by atoms with Crippen molar-refractivity contribution >= 4 is 33.3 Å². The molecule has 0 aromatic heterocycles. The number of sulfonamides is 1. The van der Waals surface area contributed by atoms with Crippen molar-refractivity contribution in [3.63, 3.8) is 0 Å². The van der Waals surface area contributed by atoms with Crippen molar-refractivity contribution in [1.29, 1.82) is 0 Å². The summed E-state index contributed by atoms with van der Waals surface area (Å²) in [7, 11) is -1.06. The Balaban J connectivity index is 1.41. The van der Waals surface area contributed by atoms with Crippen molar-refractivity contribution < 1.29 is 37.0 Å². The van der Waals surface area contributed by atoms with Gasteiger partial charge in [0.05, 0.1) is 31.3 Å². The van der Waals surface area contributed by atoms with Crippen LogP contribution in [0.2, 0.25) is 0 Å². The first-order chi connectivity index (χ1) is 17.3. The molecule has 1 heterocycles. The number of hydrogen-bond acceptors (Lipinski definition) is 8. The molecule has 0 fully saturated rings. The number of amides is 1. The van der Waals surface area contributed by atoms with E-state index in [2.05, 4.69) is 4.72 Å². The second-order valence-electron chi connectivity index (χ2n) is 7.70. The number of benzene rings is 3.